The third kappa shape index (κ3) is 6.67. The summed E-state index contributed by atoms with van der Waals surface area (Å²) in [4.78, 5) is 0. The van der Waals surface area contributed by atoms with Gasteiger partial charge in [0.2, 0.25) is 0 Å². The summed E-state index contributed by atoms with van der Waals surface area (Å²) in [7, 11) is -3.27. The second-order valence-corrected chi connectivity index (χ2v) is 7.20. The molecule has 0 aliphatic rings. The van der Waals surface area contributed by atoms with Crippen molar-refractivity contribution in [2.24, 2.45) is 0 Å². The van der Waals surface area contributed by atoms with E-state index in [0.29, 0.717) is 0 Å². The lowest BCUT2D eigenvalue weighted by atomic mass is 10.1. The fourth-order valence-electron chi connectivity index (χ4n) is 1.92. The molecule has 0 radical (unpaired) electrons. The van der Waals surface area contributed by atoms with Crippen LogP contribution in [0.25, 0.3) is 0 Å². The van der Waals surface area contributed by atoms with Crippen molar-refractivity contribution in [3.8, 4) is 0 Å². The Labute approximate surface area is 122 Å². The van der Waals surface area contributed by atoms with Crippen LogP contribution in [0.2, 0.25) is 0 Å². The van der Waals surface area contributed by atoms with Gasteiger partial charge in [-0.15, -0.1) is 0 Å². The lowest BCUT2D eigenvalue weighted by Crippen LogP contribution is -2.29. The van der Waals surface area contributed by atoms with Crippen LogP contribution in [0, 0.1) is 0 Å². The average molecular weight is 299 g/mol. The number of rotatable bonds is 8. The van der Waals surface area contributed by atoms with Crippen molar-refractivity contribution in [1.29, 1.82) is 0 Å². The Morgan fingerprint density at radius 2 is 1.50 bits per heavy atom. The van der Waals surface area contributed by atoms with E-state index in [1.807, 2.05) is 52.8 Å². The molecule has 0 heterocycles. The molecule has 0 bridgehead atoms. The molecular weight excluding hydrogens is 273 g/mol. The monoisotopic (exact) mass is 299 g/mol. The molecule has 1 aromatic rings. The quantitative estimate of drug-likeness (QED) is 0.732. The highest BCUT2D eigenvalue weighted by Gasteiger charge is 2.29. The van der Waals surface area contributed by atoms with E-state index < -0.39 is 7.75 Å². The van der Waals surface area contributed by atoms with E-state index in [2.05, 4.69) is 17.2 Å². The van der Waals surface area contributed by atoms with Crippen molar-refractivity contribution < 1.29 is 13.6 Å². The van der Waals surface area contributed by atoms with Crippen molar-refractivity contribution in [2.45, 2.75) is 59.3 Å². The minimum absolute atomic E-state index is 0.000679. The molecule has 0 saturated heterocycles. The fraction of sp³-hybridized carbons (Fsp3) is 0.600. The van der Waals surface area contributed by atoms with Crippen molar-refractivity contribution in [1.82, 2.24) is 5.09 Å². The summed E-state index contributed by atoms with van der Waals surface area (Å²) >= 11 is 0. The third-order valence-electron chi connectivity index (χ3n) is 2.46. The second-order valence-electron chi connectivity index (χ2n) is 5.53. The highest BCUT2D eigenvalue weighted by molar-refractivity contribution is 7.51. The Balaban J connectivity index is 2.66. The predicted octanol–water partition coefficient (Wildman–Crippen LogP) is 4.17. The van der Waals surface area contributed by atoms with E-state index >= 15 is 0 Å². The van der Waals surface area contributed by atoms with Crippen LogP contribution in [-0.2, 0) is 20.0 Å². The van der Waals surface area contributed by atoms with Crippen molar-refractivity contribution >= 4 is 7.75 Å². The Kier molecular flexibility index (Phi) is 6.90. The Bertz CT molecular complexity index is 420. The van der Waals surface area contributed by atoms with Crippen LogP contribution in [0.3, 0.4) is 0 Å². The normalized spacial score (nSPS) is 13.9. The number of benzene rings is 1. The van der Waals surface area contributed by atoms with Crippen LogP contribution >= 0.6 is 7.75 Å². The van der Waals surface area contributed by atoms with Gasteiger partial charge in [-0.1, -0.05) is 30.3 Å². The minimum atomic E-state index is -3.27. The van der Waals surface area contributed by atoms with Crippen LogP contribution < -0.4 is 5.09 Å². The molecule has 1 rings (SSSR count). The number of nitrogens with one attached hydrogen (secondary N) is 1. The van der Waals surface area contributed by atoms with Crippen LogP contribution in [0.5, 0.6) is 0 Å². The van der Waals surface area contributed by atoms with E-state index in [1.54, 1.807) is 0 Å². The predicted molar refractivity (Wildman–Crippen MR) is 82.8 cm³/mol. The lowest BCUT2D eigenvalue weighted by molar-refractivity contribution is 0.133. The van der Waals surface area contributed by atoms with Crippen LogP contribution in [0.15, 0.2) is 30.3 Å². The van der Waals surface area contributed by atoms with Gasteiger partial charge in [-0.05, 0) is 46.6 Å². The van der Waals surface area contributed by atoms with E-state index in [4.69, 9.17) is 9.05 Å². The lowest BCUT2D eigenvalue weighted by Gasteiger charge is -2.26. The first kappa shape index (κ1) is 17.4. The molecule has 0 aliphatic heterocycles. The number of hydrogen-bond donors (Lipinski definition) is 1. The molecule has 0 spiro atoms. The molecule has 1 aromatic carbocycles. The fourth-order valence-corrected chi connectivity index (χ4v) is 3.84. The SMILES string of the molecule is CC(Cc1ccccc1)NP(=O)(OC(C)C)OC(C)C. The van der Waals surface area contributed by atoms with Crippen LogP contribution in [0.4, 0.5) is 0 Å². The Hall–Kier alpha value is -0.670. The number of hydrogen-bond acceptors (Lipinski definition) is 3. The molecule has 20 heavy (non-hydrogen) atoms. The third-order valence-corrected chi connectivity index (χ3v) is 4.62. The van der Waals surface area contributed by atoms with Gasteiger partial charge in [-0.3, -0.25) is 9.05 Å². The topological polar surface area (TPSA) is 47.6 Å². The Morgan fingerprint density at radius 1 is 1.00 bits per heavy atom. The molecular formula is C15H26NO3P. The molecule has 0 amide bonds. The van der Waals surface area contributed by atoms with Gasteiger partial charge in [0.1, 0.15) is 0 Å². The van der Waals surface area contributed by atoms with E-state index in [-0.39, 0.29) is 18.2 Å². The molecule has 0 fully saturated rings. The second kappa shape index (κ2) is 7.94. The van der Waals surface area contributed by atoms with Crippen molar-refractivity contribution in [3.05, 3.63) is 35.9 Å². The Morgan fingerprint density at radius 3 is 1.95 bits per heavy atom. The largest absolute Gasteiger partial charge is 0.406 e. The van der Waals surface area contributed by atoms with Crippen LogP contribution in [-0.4, -0.2) is 18.2 Å². The van der Waals surface area contributed by atoms with Gasteiger partial charge in [0.25, 0.3) is 0 Å². The highest BCUT2D eigenvalue weighted by Crippen LogP contribution is 2.46. The zero-order valence-electron chi connectivity index (χ0n) is 13.0. The smallest absolute Gasteiger partial charge is 0.294 e. The summed E-state index contributed by atoms with van der Waals surface area (Å²) in [5, 5.41) is 3.02. The summed E-state index contributed by atoms with van der Waals surface area (Å²) in [6, 6.07) is 10.1. The molecule has 1 unspecified atom stereocenters. The van der Waals surface area contributed by atoms with E-state index in [9.17, 15) is 4.57 Å². The van der Waals surface area contributed by atoms with Crippen molar-refractivity contribution in [2.75, 3.05) is 0 Å². The first-order valence-corrected chi connectivity index (χ1v) is 8.63. The summed E-state index contributed by atoms with van der Waals surface area (Å²) in [5.74, 6) is 0. The molecule has 1 atom stereocenters. The van der Waals surface area contributed by atoms with Crippen molar-refractivity contribution in [3.63, 3.8) is 0 Å². The first-order chi connectivity index (χ1) is 9.31. The molecule has 4 nitrogen and oxygen atoms in total. The molecule has 0 saturated carbocycles. The average Bonchev–Trinajstić information content (AvgIpc) is 2.26. The van der Waals surface area contributed by atoms with Crippen LogP contribution in [0.1, 0.15) is 40.2 Å². The molecule has 114 valence electrons. The summed E-state index contributed by atoms with van der Waals surface area (Å²) in [6.45, 7) is 9.37. The maximum atomic E-state index is 12.7. The molecule has 5 heteroatoms. The standard InChI is InChI=1S/C15H26NO3P/c1-12(2)18-20(17,19-13(3)4)16-14(5)11-15-9-7-6-8-10-15/h6-10,12-14H,11H2,1-5H3,(H,16,17). The van der Waals surface area contributed by atoms with Gasteiger partial charge >= 0.3 is 7.75 Å². The molecule has 0 aromatic heterocycles. The zero-order chi connectivity index (χ0) is 15.2. The van der Waals surface area contributed by atoms with E-state index in [0.717, 1.165) is 6.42 Å². The zero-order valence-corrected chi connectivity index (χ0v) is 13.9. The summed E-state index contributed by atoms with van der Waals surface area (Å²) in [6.07, 6.45) is 0.459. The van der Waals surface area contributed by atoms with Gasteiger partial charge < -0.3 is 0 Å². The van der Waals surface area contributed by atoms with Gasteiger partial charge in [0, 0.05) is 6.04 Å². The first-order valence-electron chi connectivity index (χ1n) is 7.09. The minimum Gasteiger partial charge on any atom is -0.294 e. The molecule has 0 aliphatic carbocycles. The maximum absolute atomic E-state index is 12.7. The highest BCUT2D eigenvalue weighted by atomic mass is 31.2. The van der Waals surface area contributed by atoms with Gasteiger partial charge in [-0.25, -0.2) is 9.65 Å². The summed E-state index contributed by atoms with van der Waals surface area (Å²) in [5.41, 5.74) is 1.19. The van der Waals surface area contributed by atoms with Gasteiger partial charge in [0.05, 0.1) is 12.2 Å². The maximum Gasteiger partial charge on any atom is 0.406 e. The summed E-state index contributed by atoms with van der Waals surface area (Å²) < 4.78 is 23.6. The van der Waals surface area contributed by atoms with E-state index in [1.165, 1.54) is 5.56 Å². The molecule has 1 N–H and O–H groups in total. The van der Waals surface area contributed by atoms with Gasteiger partial charge in [0.15, 0.2) is 0 Å². The van der Waals surface area contributed by atoms with Gasteiger partial charge in [-0.2, -0.15) is 0 Å².